The summed E-state index contributed by atoms with van der Waals surface area (Å²) in [4.78, 5) is 0. The van der Waals surface area contributed by atoms with Crippen LogP contribution in [0.15, 0.2) is 18.5 Å². The van der Waals surface area contributed by atoms with Crippen molar-refractivity contribution in [1.29, 1.82) is 0 Å². The van der Waals surface area contributed by atoms with Gasteiger partial charge in [0.1, 0.15) is 12.7 Å². The molecule has 0 amide bonds. The molecule has 2 nitrogen and oxygen atoms in total. The molecule has 4 heteroatoms. The summed E-state index contributed by atoms with van der Waals surface area (Å²) in [7, 11) is 1.90. The van der Waals surface area contributed by atoms with Gasteiger partial charge in [-0.2, -0.15) is 0 Å². The normalized spacial score (nSPS) is 8.60. The summed E-state index contributed by atoms with van der Waals surface area (Å²) in [5, 5.41) is 0.605. The molecule has 0 aliphatic rings. The van der Waals surface area contributed by atoms with Crippen molar-refractivity contribution in [3.8, 4) is 0 Å². The smallest absolute Gasteiger partial charge is 0.193 e. The van der Waals surface area contributed by atoms with Crippen LogP contribution in [0.5, 0.6) is 0 Å². The number of halogens is 2. The molecule has 10 heavy (non-hydrogen) atoms. The van der Waals surface area contributed by atoms with Crippen LogP contribution in [0.2, 0.25) is 5.02 Å². The number of aryl methyl sites for hydroxylation is 1. The van der Waals surface area contributed by atoms with Crippen LogP contribution in [0.4, 0.5) is 5.69 Å². The summed E-state index contributed by atoms with van der Waals surface area (Å²) in [6, 6.07) is 1.76. The monoisotopic (exact) mass is 270 g/mol. The molecule has 0 spiro atoms. The van der Waals surface area contributed by atoms with Crippen molar-refractivity contribution >= 4 is 17.3 Å². The molecule has 0 saturated heterocycles. The first-order valence-electron chi connectivity index (χ1n) is 2.60. The van der Waals surface area contributed by atoms with Gasteiger partial charge in [-0.15, -0.1) is 0 Å². The van der Waals surface area contributed by atoms with Gasteiger partial charge in [-0.1, -0.05) is 11.6 Å². The number of hydrogen-bond acceptors (Lipinski definition) is 1. The zero-order chi connectivity index (χ0) is 6.85. The molecule has 2 N–H and O–H groups in total. The maximum absolute atomic E-state index is 5.64. The van der Waals surface area contributed by atoms with E-state index in [0.29, 0.717) is 10.7 Å². The van der Waals surface area contributed by atoms with Gasteiger partial charge in [0.05, 0.1) is 5.02 Å². The van der Waals surface area contributed by atoms with E-state index in [1.165, 1.54) is 0 Å². The number of hydrogen-bond donors (Lipinski definition) is 1. The van der Waals surface area contributed by atoms with Gasteiger partial charge in [0.2, 0.25) is 0 Å². The summed E-state index contributed by atoms with van der Waals surface area (Å²) >= 11 is 5.64. The zero-order valence-electron chi connectivity index (χ0n) is 5.51. The van der Waals surface area contributed by atoms with Gasteiger partial charge < -0.3 is 29.7 Å². The van der Waals surface area contributed by atoms with E-state index in [2.05, 4.69) is 0 Å². The predicted molar refractivity (Wildman–Crippen MR) is 37.0 cm³/mol. The highest BCUT2D eigenvalue weighted by atomic mass is 127. The Morgan fingerprint density at radius 2 is 2.20 bits per heavy atom. The Hall–Kier alpha value is -0.0300. The van der Waals surface area contributed by atoms with E-state index < -0.39 is 0 Å². The molecule has 0 unspecified atom stereocenters. The topological polar surface area (TPSA) is 29.9 Å². The van der Waals surface area contributed by atoms with E-state index in [4.69, 9.17) is 17.3 Å². The van der Waals surface area contributed by atoms with Gasteiger partial charge in [-0.05, 0) is 0 Å². The van der Waals surface area contributed by atoms with Crippen LogP contribution in [-0.4, -0.2) is 0 Å². The molecular weight excluding hydrogens is 262 g/mol. The fraction of sp³-hybridized carbons (Fsp3) is 0.167. The molecule has 0 saturated carbocycles. The predicted octanol–water partition coefficient (Wildman–Crippen LogP) is -2.25. The van der Waals surface area contributed by atoms with Crippen LogP contribution < -0.4 is 34.3 Å². The van der Waals surface area contributed by atoms with E-state index in [-0.39, 0.29) is 24.0 Å². The van der Waals surface area contributed by atoms with E-state index in [9.17, 15) is 0 Å². The Bertz CT molecular complexity index is 227. The lowest BCUT2D eigenvalue weighted by molar-refractivity contribution is -0.670. The lowest BCUT2D eigenvalue weighted by Gasteiger charge is -1.91. The number of nitrogens with two attached hydrogens (primary N) is 1. The maximum Gasteiger partial charge on any atom is 0.193 e. The number of anilines is 1. The first kappa shape index (κ1) is 9.97. The minimum Gasteiger partial charge on any atom is -1.00 e. The average Bonchev–Trinajstić information content (AvgIpc) is 1.80. The summed E-state index contributed by atoms with van der Waals surface area (Å²) in [5.41, 5.74) is 6.08. The number of nitrogens with zero attached hydrogens (tertiary/aromatic N) is 1. The molecule has 0 atom stereocenters. The maximum atomic E-state index is 5.64. The number of aromatic nitrogens is 1. The summed E-state index contributed by atoms with van der Waals surface area (Å²) < 4.78 is 1.85. The number of rotatable bonds is 0. The Labute approximate surface area is 82.0 Å². The molecule has 0 fully saturated rings. The lowest BCUT2D eigenvalue weighted by atomic mass is 10.4. The van der Waals surface area contributed by atoms with Crippen molar-refractivity contribution in [3.05, 3.63) is 23.5 Å². The van der Waals surface area contributed by atoms with Gasteiger partial charge in [-0.3, -0.25) is 0 Å². The second-order valence-corrected chi connectivity index (χ2v) is 2.32. The molecule has 0 aliphatic carbocycles. The van der Waals surface area contributed by atoms with Crippen molar-refractivity contribution in [2.45, 2.75) is 0 Å². The van der Waals surface area contributed by atoms with Gasteiger partial charge in [0, 0.05) is 6.07 Å². The van der Waals surface area contributed by atoms with Crippen LogP contribution in [0.3, 0.4) is 0 Å². The van der Waals surface area contributed by atoms with Crippen LogP contribution in [-0.2, 0) is 7.05 Å². The van der Waals surface area contributed by atoms with Crippen molar-refractivity contribution in [2.24, 2.45) is 7.05 Å². The highest BCUT2D eigenvalue weighted by Gasteiger charge is 1.97. The Kier molecular flexibility index (Phi) is 3.96. The van der Waals surface area contributed by atoms with Crippen LogP contribution in [0.25, 0.3) is 0 Å². The fourth-order valence-corrected chi connectivity index (χ4v) is 0.708. The average molecular weight is 271 g/mol. The first-order chi connectivity index (χ1) is 4.20. The second-order valence-electron chi connectivity index (χ2n) is 1.91. The Morgan fingerprint density at radius 3 is 2.60 bits per heavy atom. The lowest BCUT2D eigenvalue weighted by Crippen LogP contribution is -3.00. The highest BCUT2D eigenvalue weighted by molar-refractivity contribution is 6.32. The molecule has 0 aromatic carbocycles. The molecule has 1 heterocycles. The molecule has 0 radical (unpaired) electrons. The van der Waals surface area contributed by atoms with Gasteiger partial charge in [0.15, 0.2) is 12.4 Å². The summed E-state index contributed by atoms with van der Waals surface area (Å²) in [6.07, 6.45) is 3.61. The summed E-state index contributed by atoms with van der Waals surface area (Å²) in [6.45, 7) is 0. The van der Waals surface area contributed by atoms with Gasteiger partial charge in [-0.25, -0.2) is 4.57 Å². The third kappa shape index (κ3) is 2.30. The number of nitrogen functional groups attached to an aromatic ring is 1. The summed E-state index contributed by atoms with van der Waals surface area (Å²) in [5.74, 6) is 0. The Balaban J connectivity index is 0.000000810. The first-order valence-corrected chi connectivity index (χ1v) is 2.98. The molecule has 0 bridgehead atoms. The zero-order valence-corrected chi connectivity index (χ0v) is 8.43. The van der Waals surface area contributed by atoms with Gasteiger partial charge in [0.25, 0.3) is 0 Å². The Morgan fingerprint density at radius 1 is 1.60 bits per heavy atom. The van der Waals surface area contributed by atoms with Crippen molar-refractivity contribution in [2.75, 3.05) is 5.73 Å². The fourth-order valence-electron chi connectivity index (χ4n) is 0.603. The van der Waals surface area contributed by atoms with E-state index in [1.54, 1.807) is 12.3 Å². The van der Waals surface area contributed by atoms with Gasteiger partial charge >= 0.3 is 0 Å². The number of pyridine rings is 1. The second kappa shape index (κ2) is 3.98. The third-order valence-corrected chi connectivity index (χ3v) is 1.42. The molecule has 1 rings (SSSR count). The quantitative estimate of drug-likeness (QED) is 0.419. The van der Waals surface area contributed by atoms with E-state index in [1.807, 2.05) is 17.8 Å². The molecule has 1 aromatic heterocycles. The van der Waals surface area contributed by atoms with Crippen molar-refractivity contribution < 1.29 is 28.5 Å². The minimum absolute atomic E-state index is 0. The molecule has 1 aromatic rings. The highest BCUT2D eigenvalue weighted by Crippen LogP contribution is 2.13. The molecule has 0 aliphatic heterocycles. The molecule has 56 valence electrons. The van der Waals surface area contributed by atoms with Crippen molar-refractivity contribution in [1.82, 2.24) is 0 Å². The SMILES string of the molecule is C[n+]1ccc(Cl)c(N)c1.[I-]. The third-order valence-electron chi connectivity index (χ3n) is 1.07. The van der Waals surface area contributed by atoms with E-state index >= 15 is 0 Å². The molecular formula is C6H8ClIN2. The van der Waals surface area contributed by atoms with Crippen LogP contribution in [0, 0.1) is 0 Å². The van der Waals surface area contributed by atoms with E-state index in [0.717, 1.165) is 0 Å². The standard InChI is InChI=1S/C6H8ClN2.HI/c1-9-3-2-5(7)6(8)4-9;/h2-4H,8H2,1H3;1H/q+1;/p-1. The van der Waals surface area contributed by atoms with Crippen LogP contribution in [0.1, 0.15) is 0 Å². The van der Waals surface area contributed by atoms with Crippen LogP contribution >= 0.6 is 11.6 Å². The largest absolute Gasteiger partial charge is 1.00 e. The van der Waals surface area contributed by atoms with Crippen molar-refractivity contribution in [3.63, 3.8) is 0 Å². The minimum atomic E-state index is 0.